The van der Waals surface area contributed by atoms with Crippen molar-refractivity contribution < 1.29 is 14.3 Å². The molecule has 0 spiro atoms. The first-order chi connectivity index (χ1) is 9.69. The van der Waals surface area contributed by atoms with E-state index in [-0.39, 0.29) is 5.97 Å². The third kappa shape index (κ3) is 4.85. The van der Waals surface area contributed by atoms with Crippen LogP contribution in [-0.4, -0.2) is 43.2 Å². The molecule has 20 heavy (non-hydrogen) atoms. The van der Waals surface area contributed by atoms with E-state index in [1.807, 2.05) is 31.2 Å². The predicted molar refractivity (Wildman–Crippen MR) is 77.9 cm³/mol. The van der Waals surface area contributed by atoms with Gasteiger partial charge < -0.3 is 9.47 Å². The van der Waals surface area contributed by atoms with Crippen LogP contribution in [0, 0.1) is 6.92 Å². The van der Waals surface area contributed by atoms with E-state index in [9.17, 15) is 4.79 Å². The zero-order chi connectivity index (χ0) is 14.4. The van der Waals surface area contributed by atoms with E-state index >= 15 is 0 Å². The van der Waals surface area contributed by atoms with Crippen molar-refractivity contribution >= 4 is 5.97 Å². The summed E-state index contributed by atoms with van der Waals surface area (Å²) < 4.78 is 10.7. The Kier molecular flexibility index (Phi) is 5.41. The average molecular weight is 277 g/mol. The monoisotopic (exact) mass is 277 g/mol. The van der Waals surface area contributed by atoms with Crippen LogP contribution in [0.1, 0.15) is 25.3 Å². The van der Waals surface area contributed by atoms with Gasteiger partial charge in [-0.2, -0.15) is 0 Å². The van der Waals surface area contributed by atoms with Crippen LogP contribution < -0.4 is 4.74 Å². The summed E-state index contributed by atoms with van der Waals surface area (Å²) in [6, 6.07) is 8.55. The van der Waals surface area contributed by atoms with Crippen molar-refractivity contribution in [3.05, 3.63) is 29.8 Å². The van der Waals surface area contributed by atoms with Gasteiger partial charge in [-0.1, -0.05) is 17.7 Å². The quantitative estimate of drug-likeness (QED) is 0.684. The topological polar surface area (TPSA) is 38.8 Å². The number of rotatable bonds is 8. The van der Waals surface area contributed by atoms with E-state index in [1.54, 1.807) is 0 Å². The van der Waals surface area contributed by atoms with Gasteiger partial charge in [-0.3, -0.25) is 9.69 Å². The lowest BCUT2D eigenvalue weighted by molar-refractivity contribution is -0.144. The van der Waals surface area contributed by atoms with Gasteiger partial charge >= 0.3 is 5.97 Å². The van der Waals surface area contributed by atoms with Crippen molar-refractivity contribution in [3.63, 3.8) is 0 Å². The lowest BCUT2D eigenvalue weighted by Gasteiger charge is -2.20. The van der Waals surface area contributed by atoms with Gasteiger partial charge in [-0.05, 0) is 38.8 Å². The summed E-state index contributed by atoms with van der Waals surface area (Å²) in [5.74, 6) is 0.734. The van der Waals surface area contributed by atoms with Crippen LogP contribution in [-0.2, 0) is 9.53 Å². The maximum absolute atomic E-state index is 11.6. The highest BCUT2D eigenvalue weighted by molar-refractivity contribution is 5.71. The summed E-state index contributed by atoms with van der Waals surface area (Å²) in [4.78, 5) is 13.7. The minimum atomic E-state index is -0.144. The lowest BCUT2D eigenvalue weighted by atomic mass is 10.2. The van der Waals surface area contributed by atoms with E-state index in [2.05, 4.69) is 11.8 Å². The van der Waals surface area contributed by atoms with Crippen LogP contribution in [0.3, 0.4) is 0 Å². The van der Waals surface area contributed by atoms with Crippen LogP contribution in [0.4, 0.5) is 0 Å². The number of carbonyl (C=O) groups excluding carboxylic acids is 1. The van der Waals surface area contributed by atoms with Gasteiger partial charge in [0.15, 0.2) is 0 Å². The van der Waals surface area contributed by atoms with Crippen molar-refractivity contribution in [2.45, 2.75) is 32.7 Å². The number of aryl methyl sites for hydroxylation is 1. The smallest absolute Gasteiger partial charge is 0.320 e. The molecule has 0 unspecified atom stereocenters. The fourth-order valence-corrected chi connectivity index (χ4v) is 2.12. The Bertz CT molecular complexity index is 426. The zero-order valence-corrected chi connectivity index (χ0v) is 12.3. The van der Waals surface area contributed by atoms with E-state index in [4.69, 9.17) is 9.47 Å². The molecule has 0 radical (unpaired) electrons. The molecule has 1 aliphatic carbocycles. The maximum Gasteiger partial charge on any atom is 0.320 e. The van der Waals surface area contributed by atoms with Crippen LogP contribution in [0.15, 0.2) is 24.3 Å². The maximum atomic E-state index is 11.6. The molecule has 0 saturated heterocycles. The molecule has 0 atom stereocenters. The van der Waals surface area contributed by atoms with Gasteiger partial charge in [0.2, 0.25) is 0 Å². The minimum absolute atomic E-state index is 0.144. The van der Waals surface area contributed by atoms with E-state index in [0.717, 1.165) is 12.3 Å². The highest BCUT2D eigenvalue weighted by Crippen LogP contribution is 2.26. The second kappa shape index (κ2) is 7.29. The van der Waals surface area contributed by atoms with Crippen LogP contribution in [0.25, 0.3) is 0 Å². The molecular formula is C16H23NO3. The number of esters is 1. The molecule has 1 aromatic carbocycles. The second-order valence-corrected chi connectivity index (χ2v) is 5.17. The molecular weight excluding hydrogens is 254 g/mol. The SMILES string of the molecule is CCOC(=O)CN(CCOc1ccc(C)cc1)C1CC1. The predicted octanol–water partition coefficient (Wildman–Crippen LogP) is 2.40. The first kappa shape index (κ1) is 14.9. The Labute approximate surface area is 120 Å². The van der Waals surface area contributed by atoms with Gasteiger partial charge in [0, 0.05) is 12.6 Å². The van der Waals surface area contributed by atoms with Gasteiger partial charge in [-0.15, -0.1) is 0 Å². The molecule has 110 valence electrons. The Morgan fingerprint density at radius 1 is 1.30 bits per heavy atom. The Hall–Kier alpha value is -1.55. The molecule has 0 amide bonds. The summed E-state index contributed by atoms with van der Waals surface area (Å²) in [5, 5.41) is 0. The summed E-state index contributed by atoms with van der Waals surface area (Å²) >= 11 is 0. The van der Waals surface area contributed by atoms with E-state index < -0.39 is 0 Å². The normalized spacial score (nSPS) is 14.3. The first-order valence-corrected chi connectivity index (χ1v) is 7.28. The van der Waals surface area contributed by atoms with E-state index in [0.29, 0.717) is 25.8 Å². The van der Waals surface area contributed by atoms with Gasteiger partial charge in [0.05, 0.1) is 13.2 Å². The van der Waals surface area contributed by atoms with Crippen LogP contribution >= 0.6 is 0 Å². The molecule has 0 aromatic heterocycles. The molecule has 0 bridgehead atoms. The van der Waals surface area contributed by atoms with Gasteiger partial charge in [0.25, 0.3) is 0 Å². The highest BCUT2D eigenvalue weighted by atomic mass is 16.5. The molecule has 4 nitrogen and oxygen atoms in total. The Morgan fingerprint density at radius 2 is 2.00 bits per heavy atom. The molecule has 1 aromatic rings. The third-order valence-electron chi connectivity index (χ3n) is 3.37. The van der Waals surface area contributed by atoms with Crippen molar-refractivity contribution in [2.24, 2.45) is 0 Å². The summed E-state index contributed by atoms with van der Waals surface area (Å²) in [6.07, 6.45) is 2.34. The number of benzene rings is 1. The lowest BCUT2D eigenvalue weighted by Crippen LogP contribution is -2.36. The van der Waals surface area contributed by atoms with Crippen molar-refractivity contribution in [1.29, 1.82) is 0 Å². The summed E-state index contributed by atoms with van der Waals surface area (Å²) in [5.41, 5.74) is 1.22. The van der Waals surface area contributed by atoms with Gasteiger partial charge in [-0.25, -0.2) is 0 Å². The number of nitrogens with zero attached hydrogens (tertiary/aromatic N) is 1. The minimum Gasteiger partial charge on any atom is -0.492 e. The fraction of sp³-hybridized carbons (Fsp3) is 0.562. The second-order valence-electron chi connectivity index (χ2n) is 5.17. The van der Waals surface area contributed by atoms with Gasteiger partial charge in [0.1, 0.15) is 12.4 Å². The number of hydrogen-bond acceptors (Lipinski definition) is 4. The molecule has 0 aliphatic heterocycles. The number of ether oxygens (including phenoxy) is 2. The molecule has 0 N–H and O–H groups in total. The Balaban J connectivity index is 1.74. The zero-order valence-electron chi connectivity index (χ0n) is 12.3. The molecule has 4 heteroatoms. The highest BCUT2D eigenvalue weighted by Gasteiger charge is 2.30. The van der Waals surface area contributed by atoms with Crippen LogP contribution in [0.5, 0.6) is 5.75 Å². The largest absolute Gasteiger partial charge is 0.492 e. The average Bonchev–Trinajstić information content (AvgIpc) is 3.24. The third-order valence-corrected chi connectivity index (χ3v) is 3.37. The number of carbonyl (C=O) groups is 1. The standard InChI is InChI=1S/C16H23NO3/c1-3-19-16(18)12-17(14-6-7-14)10-11-20-15-8-4-13(2)5-9-15/h4-5,8-9,14H,3,6-7,10-12H2,1-2H3. The van der Waals surface area contributed by atoms with Crippen molar-refractivity contribution in [2.75, 3.05) is 26.3 Å². The molecule has 1 saturated carbocycles. The molecule has 0 heterocycles. The van der Waals surface area contributed by atoms with Crippen molar-refractivity contribution in [3.8, 4) is 5.75 Å². The van der Waals surface area contributed by atoms with E-state index in [1.165, 1.54) is 18.4 Å². The molecule has 2 rings (SSSR count). The molecule has 1 aliphatic rings. The Morgan fingerprint density at radius 3 is 2.60 bits per heavy atom. The summed E-state index contributed by atoms with van der Waals surface area (Å²) in [6.45, 7) is 6.06. The summed E-state index contributed by atoms with van der Waals surface area (Å²) in [7, 11) is 0. The number of hydrogen-bond donors (Lipinski definition) is 0. The van der Waals surface area contributed by atoms with Crippen molar-refractivity contribution in [1.82, 2.24) is 4.90 Å². The first-order valence-electron chi connectivity index (χ1n) is 7.28. The molecule has 1 fully saturated rings. The van der Waals surface area contributed by atoms with Crippen LogP contribution in [0.2, 0.25) is 0 Å². The fourth-order valence-electron chi connectivity index (χ4n) is 2.12.